The van der Waals surface area contributed by atoms with Crippen LogP contribution >= 0.6 is 23.2 Å². The van der Waals surface area contributed by atoms with Crippen molar-refractivity contribution >= 4 is 46.4 Å². The number of benzene rings is 3. The van der Waals surface area contributed by atoms with Crippen molar-refractivity contribution in [3.8, 4) is 0 Å². The Labute approximate surface area is 220 Å². The molecule has 3 aromatic carbocycles. The van der Waals surface area contributed by atoms with Gasteiger partial charge in [0, 0.05) is 31.0 Å². The molecule has 1 saturated heterocycles. The minimum Gasteiger partial charge on any atom is -0.371 e. The SMILES string of the molecule is O=C(NCc1ccc(F)cc1)c1cc(NC(=O)C(Cl)Cl)ccc1N1CCC(Cc2ccccc2)CC1. The predicted octanol–water partition coefficient (Wildman–Crippen LogP) is 5.96. The first-order valence-corrected chi connectivity index (χ1v) is 12.8. The van der Waals surface area contributed by atoms with Crippen molar-refractivity contribution < 1.29 is 14.0 Å². The topological polar surface area (TPSA) is 61.4 Å². The largest absolute Gasteiger partial charge is 0.371 e. The third kappa shape index (κ3) is 6.99. The molecule has 0 atom stereocenters. The summed E-state index contributed by atoms with van der Waals surface area (Å²) >= 11 is 11.3. The highest BCUT2D eigenvalue weighted by molar-refractivity contribution is 6.54. The number of amides is 2. The Morgan fingerprint density at radius 1 is 0.944 bits per heavy atom. The summed E-state index contributed by atoms with van der Waals surface area (Å²) in [6, 6.07) is 21.7. The molecule has 2 N–H and O–H groups in total. The van der Waals surface area contributed by atoms with Crippen LogP contribution in [0.5, 0.6) is 0 Å². The summed E-state index contributed by atoms with van der Waals surface area (Å²) in [5, 5.41) is 5.54. The van der Waals surface area contributed by atoms with Crippen molar-refractivity contribution in [3.05, 3.63) is 95.3 Å². The second-order valence-electron chi connectivity index (χ2n) is 8.95. The molecule has 1 fully saturated rings. The van der Waals surface area contributed by atoms with E-state index in [0.29, 0.717) is 17.2 Å². The Kier molecular flexibility index (Phi) is 8.83. The van der Waals surface area contributed by atoms with Crippen LogP contribution in [0.4, 0.5) is 15.8 Å². The van der Waals surface area contributed by atoms with Gasteiger partial charge in [0.1, 0.15) is 5.82 Å². The summed E-state index contributed by atoms with van der Waals surface area (Å²) in [6.45, 7) is 1.90. The van der Waals surface area contributed by atoms with Gasteiger partial charge in [-0.15, -0.1) is 0 Å². The number of rotatable bonds is 8. The summed E-state index contributed by atoms with van der Waals surface area (Å²) in [6.07, 6.45) is 3.08. The maximum absolute atomic E-state index is 13.2. The molecule has 0 saturated carbocycles. The third-order valence-electron chi connectivity index (χ3n) is 6.40. The molecule has 1 aliphatic heterocycles. The number of carbonyl (C=O) groups is 2. The van der Waals surface area contributed by atoms with Crippen LogP contribution in [0, 0.1) is 11.7 Å². The van der Waals surface area contributed by atoms with Gasteiger partial charge in [-0.2, -0.15) is 0 Å². The molecule has 0 aromatic heterocycles. The molecule has 0 spiro atoms. The summed E-state index contributed by atoms with van der Waals surface area (Å²) in [5.41, 5.74) is 3.80. The normalized spacial score (nSPS) is 14.1. The Hall–Kier alpha value is -3.09. The molecule has 3 aromatic rings. The van der Waals surface area contributed by atoms with Crippen LogP contribution in [0.2, 0.25) is 0 Å². The van der Waals surface area contributed by atoms with E-state index in [0.717, 1.165) is 43.6 Å². The second kappa shape index (κ2) is 12.2. The van der Waals surface area contributed by atoms with Crippen LogP contribution in [0.15, 0.2) is 72.8 Å². The van der Waals surface area contributed by atoms with Crippen molar-refractivity contribution in [1.82, 2.24) is 5.32 Å². The van der Waals surface area contributed by atoms with Crippen LogP contribution in [0.25, 0.3) is 0 Å². The second-order valence-corrected chi connectivity index (χ2v) is 10.0. The molecule has 8 heteroatoms. The van der Waals surface area contributed by atoms with Gasteiger partial charge in [-0.05, 0) is 66.6 Å². The van der Waals surface area contributed by atoms with E-state index in [4.69, 9.17) is 23.2 Å². The number of piperidine rings is 1. The van der Waals surface area contributed by atoms with Crippen molar-refractivity contribution in [2.75, 3.05) is 23.3 Å². The van der Waals surface area contributed by atoms with Crippen molar-refractivity contribution in [2.24, 2.45) is 5.92 Å². The molecule has 5 nitrogen and oxygen atoms in total. The molecule has 36 heavy (non-hydrogen) atoms. The van der Waals surface area contributed by atoms with Crippen LogP contribution in [-0.2, 0) is 17.8 Å². The highest BCUT2D eigenvalue weighted by atomic mass is 35.5. The van der Waals surface area contributed by atoms with E-state index in [9.17, 15) is 14.0 Å². The highest BCUT2D eigenvalue weighted by Gasteiger charge is 2.24. The molecular weight excluding hydrogens is 500 g/mol. The molecule has 1 heterocycles. The number of nitrogens with one attached hydrogen (secondary N) is 2. The van der Waals surface area contributed by atoms with Crippen molar-refractivity contribution in [2.45, 2.75) is 30.6 Å². The van der Waals surface area contributed by atoms with E-state index in [1.165, 1.54) is 17.7 Å². The third-order valence-corrected chi connectivity index (χ3v) is 6.79. The summed E-state index contributed by atoms with van der Waals surface area (Å²) in [5.74, 6) is -0.596. The average Bonchev–Trinajstić information content (AvgIpc) is 2.89. The molecule has 188 valence electrons. The van der Waals surface area contributed by atoms with Crippen LogP contribution in [0.1, 0.15) is 34.3 Å². The van der Waals surface area contributed by atoms with Crippen molar-refractivity contribution in [1.29, 1.82) is 0 Å². The molecule has 0 aliphatic carbocycles. The van der Waals surface area contributed by atoms with E-state index in [2.05, 4.69) is 39.8 Å². The molecule has 4 rings (SSSR count). The molecule has 0 radical (unpaired) electrons. The van der Waals surface area contributed by atoms with E-state index in [1.807, 2.05) is 12.1 Å². The quantitative estimate of drug-likeness (QED) is 0.355. The smallest absolute Gasteiger partial charge is 0.257 e. The number of hydrogen-bond acceptors (Lipinski definition) is 3. The van der Waals surface area contributed by atoms with Crippen LogP contribution in [-0.4, -0.2) is 29.7 Å². The highest BCUT2D eigenvalue weighted by Crippen LogP contribution is 2.30. The first-order valence-electron chi connectivity index (χ1n) is 11.9. The van der Waals surface area contributed by atoms with Gasteiger partial charge in [0.2, 0.25) is 0 Å². The number of halogens is 3. The standard InChI is InChI=1S/C28H28Cl2FN3O2/c29-26(30)28(36)33-23-10-11-25(24(17-23)27(35)32-18-21-6-8-22(31)9-7-21)34-14-12-20(13-15-34)16-19-4-2-1-3-5-19/h1-11,17,20,26H,12-16,18H2,(H,32,35)(H,33,36). The van der Waals surface area contributed by atoms with Crippen LogP contribution in [0.3, 0.4) is 0 Å². The summed E-state index contributed by atoms with van der Waals surface area (Å²) in [4.78, 5) is 26.2. The van der Waals surface area contributed by atoms with E-state index >= 15 is 0 Å². The Morgan fingerprint density at radius 2 is 1.64 bits per heavy atom. The maximum atomic E-state index is 13.2. The zero-order valence-corrected chi connectivity index (χ0v) is 21.2. The first kappa shape index (κ1) is 26.0. The molecule has 2 amide bonds. The average molecular weight is 528 g/mol. The predicted molar refractivity (Wildman–Crippen MR) is 143 cm³/mol. The fraction of sp³-hybridized carbons (Fsp3) is 0.286. The summed E-state index contributed by atoms with van der Waals surface area (Å²) in [7, 11) is 0. The number of anilines is 2. The lowest BCUT2D eigenvalue weighted by atomic mass is 9.89. The Bertz CT molecular complexity index is 1180. The van der Waals surface area contributed by atoms with E-state index < -0.39 is 10.7 Å². The van der Waals surface area contributed by atoms with Gasteiger partial charge in [0.25, 0.3) is 11.8 Å². The van der Waals surface area contributed by atoms with E-state index in [1.54, 1.807) is 24.3 Å². The minimum absolute atomic E-state index is 0.250. The van der Waals surface area contributed by atoms with E-state index in [-0.39, 0.29) is 18.3 Å². The lowest BCUT2D eigenvalue weighted by Gasteiger charge is -2.35. The Balaban J connectivity index is 1.49. The molecular formula is C28H28Cl2FN3O2. The summed E-state index contributed by atoms with van der Waals surface area (Å²) < 4.78 is 13.2. The van der Waals surface area contributed by atoms with Gasteiger partial charge in [-0.3, -0.25) is 9.59 Å². The molecule has 1 aliphatic rings. The number of carbonyl (C=O) groups excluding carboxylic acids is 2. The fourth-order valence-corrected chi connectivity index (χ4v) is 4.58. The van der Waals surface area contributed by atoms with Gasteiger partial charge in [0.15, 0.2) is 4.84 Å². The van der Waals surface area contributed by atoms with Gasteiger partial charge < -0.3 is 15.5 Å². The first-order chi connectivity index (χ1) is 17.4. The number of hydrogen-bond donors (Lipinski definition) is 2. The molecule has 0 unspecified atom stereocenters. The number of alkyl halides is 2. The zero-order chi connectivity index (χ0) is 25.5. The monoisotopic (exact) mass is 527 g/mol. The van der Waals surface area contributed by atoms with Gasteiger partial charge >= 0.3 is 0 Å². The Morgan fingerprint density at radius 3 is 2.31 bits per heavy atom. The minimum atomic E-state index is -1.22. The lowest BCUT2D eigenvalue weighted by molar-refractivity contribution is -0.114. The van der Waals surface area contributed by atoms with Gasteiger partial charge in [0.05, 0.1) is 5.56 Å². The zero-order valence-electron chi connectivity index (χ0n) is 19.7. The van der Waals surface area contributed by atoms with Crippen molar-refractivity contribution in [3.63, 3.8) is 0 Å². The van der Waals surface area contributed by atoms with Crippen LogP contribution < -0.4 is 15.5 Å². The van der Waals surface area contributed by atoms with Gasteiger partial charge in [-0.1, -0.05) is 65.7 Å². The maximum Gasteiger partial charge on any atom is 0.257 e. The fourth-order valence-electron chi connectivity index (χ4n) is 4.47. The lowest BCUT2D eigenvalue weighted by Crippen LogP contribution is -2.36. The number of nitrogens with zero attached hydrogens (tertiary/aromatic N) is 1. The molecule has 0 bridgehead atoms. The van der Waals surface area contributed by atoms with Gasteiger partial charge in [-0.25, -0.2) is 4.39 Å².